The first-order chi connectivity index (χ1) is 12.0. The minimum Gasteiger partial charge on any atom is -0.321 e. The van der Waals surface area contributed by atoms with Gasteiger partial charge in [-0.25, -0.2) is 18.1 Å². The summed E-state index contributed by atoms with van der Waals surface area (Å²) in [6.45, 7) is -0.542. The van der Waals surface area contributed by atoms with E-state index < -0.39 is 46.5 Å². The molecule has 0 aliphatic heterocycles. The third kappa shape index (κ3) is 5.89. The zero-order valence-corrected chi connectivity index (χ0v) is 15.3. The molecule has 0 fully saturated rings. The van der Waals surface area contributed by atoms with Crippen LogP contribution in [0.3, 0.4) is 0 Å². The summed E-state index contributed by atoms with van der Waals surface area (Å²) >= 11 is 11.5. The first-order valence-corrected chi connectivity index (χ1v) is 9.44. The van der Waals surface area contributed by atoms with Gasteiger partial charge in [-0.3, -0.25) is 4.79 Å². The molecule has 1 heterocycles. The largest absolute Gasteiger partial charge is 0.390 e. The highest BCUT2D eigenvalue weighted by Gasteiger charge is 2.28. The number of sulfonamides is 1. The van der Waals surface area contributed by atoms with Crippen molar-refractivity contribution in [3.63, 3.8) is 0 Å². The molecule has 0 unspecified atom stereocenters. The number of imidazole rings is 1. The van der Waals surface area contributed by atoms with E-state index in [0.29, 0.717) is 10.6 Å². The topological polar surface area (TPSA) is 81.1 Å². The van der Waals surface area contributed by atoms with E-state index in [1.165, 1.54) is 24.3 Å². The molecule has 0 aliphatic rings. The molecule has 0 spiro atoms. The van der Waals surface area contributed by atoms with Crippen molar-refractivity contribution in [2.24, 2.45) is 0 Å². The molecule has 1 N–H and O–H groups in total. The number of rotatable bonds is 6. The summed E-state index contributed by atoms with van der Waals surface area (Å²) in [6.07, 6.45) is -4.63. The standard InChI is InChI=1S/C14H12Cl2F3N3O3S/c15-10-3-1-9(2-4-10)7-26(24,25)21-13(23)11-12(16)22(8-20-11)6-5-14(17,18)19/h1-4,8H,5-7H2,(H,21,23). The highest BCUT2D eigenvalue weighted by atomic mass is 35.5. The number of halogens is 5. The molecule has 12 heteroatoms. The Hall–Kier alpha value is -1.78. The van der Waals surface area contributed by atoms with Crippen LogP contribution in [0.15, 0.2) is 30.6 Å². The summed E-state index contributed by atoms with van der Waals surface area (Å²) in [7, 11) is -4.07. The molecule has 0 radical (unpaired) electrons. The van der Waals surface area contributed by atoms with Crippen molar-refractivity contribution in [3.8, 4) is 0 Å². The van der Waals surface area contributed by atoms with Gasteiger partial charge in [0.15, 0.2) is 5.69 Å². The highest BCUT2D eigenvalue weighted by Crippen LogP contribution is 2.23. The minimum absolute atomic E-state index is 0.381. The molecule has 0 aliphatic carbocycles. The molecule has 1 aromatic heterocycles. The van der Waals surface area contributed by atoms with Gasteiger partial charge < -0.3 is 4.57 Å². The van der Waals surface area contributed by atoms with Crippen molar-refractivity contribution in [1.82, 2.24) is 14.3 Å². The fourth-order valence-electron chi connectivity index (χ4n) is 1.95. The third-order valence-electron chi connectivity index (χ3n) is 3.14. The average Bonchev–Trinajstić information content (AvgIpc) is 2.87. The predicted molar refractivity (Wildman–Crippen MR) is 89.5 cm³/mol. The fourth-order valence-corrected chi connectivity index (χ4v) is 3.42. The number of carbonyl (C=O) groups excluding carboxylic acids is 1. The first kappa shape index (κ1) is 20.5. The number of benzene rings is 1. The van der Waals surface area contributed by atoms with Gasteiger partial charge in [0.25, 0.3) is 5.91 Å². The van der Waals surface area contributed by atoms with Crippen LogP contribution in [0.4, 0.5) is 13.2 Å². The zero-order valence-electron chi connectivity index (χ0n) is 12.9. The number of nitrogens with zero attached hydrogens (tertiary/aromatic N) is 2. The zero-order chi connectivity index (χ0) is 19.5. The van der Waals surface area contributed by atoms with Crippen LogP contribution in [0.1, 0.15) is 22.5 Å². The van der Waals surface area contributed by atoms with Gasteiger partial charge in [-0.05, 0) is 17.7 Å². The monoisotopic (exact) mass is 429 g/mol. The van der Waals surface area contributed by atoms with Crippen LogP contribution < -0.4 is 4.72 Å². The number of nitrogens with one attached hydrogen (secondary N) is 1. The number of aryl methyl sites for hydroxylation is 1. The summed E-state index contributed by atoms with van der Waals surface area (Å²) in [5.41, 5.74) is -0.0926. The van der Waals surface area contributed by atoms with E-state index in [2.05, 4.69) is 4.98 Å². The molecule has 0 atom stereocenters. The Morgan fingerprint density at radius 3 is 2.38 bits per heavy atom. The lowest BCUT2D eigenvalue weighted by Crippen LogP contribution is -2.32. The minimum atomic E-state index is -4.40. The van der Waals surface area contributed by atoms with Crippen LogP contribution in [0.5, 0.6) is 0 Å². The van der Waals surface area contributed by atoms with Gasteiger partial charge in [0.2, 0.25) is 10.0 Å². The summed E-state index contributed by atoms with van der Waals surface area (Å²) in [5, 5.41) is 0.0415. The lowest BCUT2D eigenvalue weighted by Gasteiger charge is -2.08. The number of amides is 1. The molecule has 0 saturated heterocycles. The van der Waals surface area contributed by atoms with E-state index in [-0.39, 0.29) is 5.15 Å². The lowest BCUT2D eigenvalue weighted by molar-refractivity contribution is -0.136. The molecule has 2 aromatic rings. The molecule has 26 heavy (non-hydrogen) atoms. The van der Waals surface area contributed by atoms with E-state index >= 15 is 0 Å². The fraction of sp³-hybridized carbons (Fsp3) is 0.286. The van der Waals surface area contributed by atoms with Crippen molar-refractivity contribution < 1.29 is 26.4 Å². The second-order valence-corrected chi connectivity index (χ2v) is 7.78. The number of hydrogen-bond acceptors (Lipinski definition) is 4. The van der Waals surface area contributed by atoms with Crippen molar-refractivity contribution in [1.29, 1.82) is 0 Å². The molecule has 6 nitrogen and oxygen atoms in total. The van der Waals surface area contributed by atoms with Crippen molar-refractivity contribution >= 4 is 39.1 Å². The molecular formula is C14H12Cl2F3N3O3S. The Labute approximate surface area is 157 Å². The Bertz CT molecular complexity index is 896. The number of aromatic nitrogens is 2. The Morgan fingerprint density at radius 2 is 1.81 bits per heavy atom. The highest BCUT2D eigenvalue weighted by molar-refractivity contribution is 7.89. The predicted octanol–water partition coefficient (Wildman–Crippen LogP) is 3.40. The third-order valence-corrected chi connectivity index (χ3v) is 5.00. The SMILES string of the molecule is O=C(NS(=O)(=O)Cc1ccc(Cl)cc1)c1ncn(CCC(F)(F)F)c1Cl. The molecule has 142 valence electrons. The van der Waals surface area contributed by atoms with Gasteiger partial charge in [-0.2, -0.15) is 13.2 Å². The molecular weight excluding hydrogens is 418 g/mol. The molecule has 0 bridgehead atoms. The molecule has 1 aromatic carbocycles. The van der Waals surface area contributed by atoms with Crippen LogP contribution in [0, 0.1) is 0 Å². The Balaban J connectivity index is 2.07. The smallest absolute Gasteiger partial charge is 0.321 e. The van der Waals surface area contributed by atoms with Crippen molar-refractivity contribution in [3.05, 3.63) is 52.0 Å². The summed E-state index contributed by atoms with van der Waals surface area (Å²) in [4.78, 5) is 15.6. The van der Waals surface area contributed by atoms with Gasteiger partial charge in [-0.15, -0.1) is 0 Å². The van der Waals surface area contributed by atoms with Crippen LogP contribution in [-0.4, -0.2) is 30.1 Å². The van der Waals surface area contributed by atoms with E-state index in [0.717, 1.165) is 10.9 Å². The summed E-state index contributed by atoms with van der Waals surface area (Å²) in [5.74, 6) is -1.63. The van der Waals surface area contributed by atoms with Crippen LogP contribution in [0.25, 0.3) is 0 Å². The van der Waals surface area contributed by atoms with Gasteiger partial charge in [0.05, 0.1) is 18.5 Å². The maximum Gasteiger partial charge on any atom is 0.390 e. The van der Waals surface area contributed by atoms with E-state index in [1.807, 2.05) is 0 Å². The molecule has 2 rings (SSSR count). The Kier molecular flexibility index (Phi) is 6.20. The quantitative estimate of drug-likeness (QED) is 0.762. The van der Waals surface area contributed by atoms with Gasteiger partial charge >= 0.3 is 6.18 Å². The van der Waals surface area contributed by atoms with Gasteiger partial charge in [0.1, 0.15) is 5.15 Å². The molecule has 0 saturated carbocycles. The lowest BCUT2D eigenvalue weighted by atomic mass is 10.2. The normalized spacial score (nSPS) is 12.2. The van der Waals surface area contributed by atoms with Crippen LogP contribution in [0.2, 0.25) is 10.2 Å². The van der Waals surface area contributed by atoms with E-state index in [1.54, 1.807) is 4.72 Å². The number of carbonyl (C=O) groups is 1. The first-order valence-electron chi connectivity index (χ1n) is 7.03. The average molecular weight is 430 g/mol. The van der Waals surface area contributed by atoms with E-state index in [9.17, 15) is 26.4 Å². The van der Waals surface area contributed by atoms with Crippen molar-refractivity contribution in [2.45, 2.75) is 24.9 Å². The van der Waals surface area contributed by atoms with E-state index in [4.69, 9.17) is 23.2 Å². The Morgan fingerprint density at radius 1 is 1.19 bits per heavy atom. The maximum atomic E-state index is 12.2. The van der Waals surface area contributed by atoms with Gasteiger partial charge in [-0.1, -0.05) is 35.3 Å². The summed E-state index contributed by atoms with van der Waals surface area (Å²) < 4.78 is 63.5. The second-order valence-electron chi connectivity index (χ2n) is 5.26. The van der Waals surface area contributed by atoms with Gasteiger partial charge in [0, 0.05) is 11.6 Å². The summed E-state index contributed by atoms with van der Waals surface area (Å²) in [6, 6.07) is 5.94. The second kappa shape index (κ2) is 7.85. The number of alkyl halides is 3. The van der Waals surface area contributed by atoms with Crippen LogP contribution >= 0.6 is 23.2 Å². The van der Waals surface area contributed by atoms with Crippen molar-refractivity contribution in [2.75, 3.05) is 0 Å². The number of hydrogen-bond donors (Lipinski definition) is 1. The molecule has 1 amide bonds. The van der Waals surface area contributed by atoms with Crippen LogP contribution in [-0.2, 0) is 22.3 Å². The maximum absolute atomic E-state index is 12.2.